The molecule has 1 aliphatic rings. The van der Waals surface area contributed by atoms with Gasteiger partial charge in [0.25, 0.3) is 10.2 Å². The molecule has 1 aromatic carbocycles. The Morgan fingerprint density at radius 2 is 1.81 bits per heavy atom. The van der Waals surface area contributed by atoms with Crippen LogP contribution in [0, 0.1) is 6.92 Å². The van der Waals surface area contributed by atoms with Gasteiger partial charge in [-0.1, -0.05) is 17.7 Å². The lowest BCUT2D eigenvalue weighted by atomic mass is 10.1. The zero-order valence-corrected chi connectivity index (χ0v) is 20.1. The van der Waals surface area contributed by atoms with Crippen LogP contribution in [-0.4, -0.2) is 73.2 Å². The summed E-state index contributed by atoms with van der Waals surface area (Å²) in [5.41, 5.74) is 3.40. The summed E-state index contributed by atoms with van der Waals surface area (Å²) in [4.78, 5) is 18.5. The van der Waals surface area contributed by atoms with Crippen molar-refractivity contribution in [3.8, 4) is 0 Å². The van der Waals surface area contributed by atoms with Crippen LogP contribution >= 0.6 is 11.6 Å². The van der Waals surface area contributed by atoms with Gasteiger partial charge in [0.2, 0.25) is 0 Å². The minimum atomic E-state index is -3.38. The van der Waals surface area contributed by atoms with Crippen LogP contribution in [0.3, 0.4) is 0 Å². The highest BCUT2D eigenvalue weighted by molar-refractivity contribution is 7.86. The van der Waals surface area contributed by atoms with E-state index in [1.54, 1.807) is 26.4 Å². The number of amides is 2. The lowest BCUT2D eigenvalue weighted by Gasteiger charge is -2.35. The number of urea groups is 1. The summed E-state index contributed by atoms with van der Waals surface area (Å²) >= 11 is 6.30. The molecule has 1 aromatic heterocycles. The molecule has 11 heteroatoms. The van der Waals surface area contributed by atoms with Crippen molar-refractivity contribution in [3.63, 3.8) is 0 Å². The third kappa shape index (κ3) is 6.63. The van der Waals surface area contributed by atoms with Gasteiger partial charge in [-0.15, -0.1) is 0 Å². The van der Waals surface area contributed by atoms with E-state index in [0.717, 1.165) is 16.8 Å². The SMILES string of the molecule is Cc1ccc(NC(=O)NCc2cc(Cl)cc(CN3CCN(S(=O)(=O)N(C)C)CC3)c2)cn1. The van der Waals surface area contributed by atoms with Gasteiger partial charge in [0, 0.05) is 64.1 Å². The highest BCUT2D eigenvalue weighted by atomic mass is 35.5. The van der Waals surface area contributed by atoms with Crippen LogP contribution in [0.25, 0.3) is 0 Å². The van der Waals surface area contributed by atoms with Gasteiger partial charge < -0.3 is 10.6 Å². The molecule has 0 unspecified atom stereocenters. The van der Waals surface area contributed by atoms with Crippen molar-refractivity contribution in [1.82, 2.24) is 23.8 Å². The maximum atomic E-state index is 12.3. The molecule has 174 valence electrons. The van der Waals surface area contributed by atoms with E-state index in [-0.39, 0.29) is 6.03 Å². The third-order valence-corrected chi connectivity index (χ3v) is 7.32. The molecular formula is C21H29ClN6O3S. The second-order valence-electron chi connectivity index (χ2n) is 7.93. The normalized spacial score (nSPS) is 15.7. The Kier molecular flexibility index (Phi) is 8.07. The van der Waals surface area contributed by atoms with Crippen molar-refractivity contribution in [2.24, 2.45) is 0 Å². The van der Waals surface area contributed by atoms with Gasteiger partial charge in [-0.2, -0.15) is 17.0 Å². The molecule has 3 rings (SSSR count). The molecule has 0 spiro atoms. The molecule has 1 fully saturated rings. The number of benzene rings is 1. The lowest BCUT2D eigenvalue weighted by Crippen LogP contribution is -2.51. The van der Waals surface area contributed by atoms with Gasteiger partial charge in [-0.25, -0.2) is 4.79 Å². The largest absolute Gasteiger partial charge is 0.334 e. The molecule has 1 saturated heterocycles. The van der Waals surface area contributed by atoms with Crippen LogP contribution in [0.1, 0.15) is 16.8 Å². The van der Waals surface area contributed by atoms with E-state index in [4.69, 9.17) is 11.6 Å². The first kappa shape index (κ1) is 24.4. The number of nitrogens with one attached hydrogen (secondary N) is 2. The van der Waals surface area contributed by atoms with Crippen molar-refractivity contribution in [2.75, 3.05) is 45.6 Å². The third-order valence-electron chi connectivity index (χ3n) is 5.16. The summed E-state index contributed by atoms with van der Waals surface area (Å²) in [6, 6.07) is 9.02. The van der Waals surface area contributed by atoms with Gasteiger partial charge in [0.05, 0.1) is 11.9 Å². The maximum absolute atomic E-state index is 12.3. The quantitative estimate of drug-likeness (QED) is 0.633. The van der Waals surface area contributed by atoms with E-state index in [0.29, 0.717) is 50.0 Å². The molecule has 2 heterocycles. The van der Waals surface area contributed by atoms with Crippen LogP contribution in [-0.2, 0) is 23.3 Å². The Morgan fingerprint density at radius 3 is 2.44 bits per heavy atom. The first-order valence-corrected chi connectivity index (χ1v) is 12.1. The van der Waals surface area contributed by atoms with E-state index >= 15 is 0 Å². The van der Waals surface area contributed by atoms with E-state index in [9.17, 15) is 13.2 Å². The molecule has 0 atom stereocenters. The molecule has 2 N–H and O–H groups in total. The smallest absolute Gasteiger partial charge is 0.319 e. The van der Waals surface area contributed by atoms with Gasteiger partial charge >= 0.3 is 6.03 Å². The van der Waals surface area contributed by atoms with Crippen LogP contribution in [0.15, 0.2) is 36.5 Å². The standard InChI is InChI=1S/C21H29ClN6O3S/c1-16-4-5-20(14-23-16)25-21(29)24-13-17-10-18(12-19(22)11-17)15-27-6-8-28(9-7-27)32(30,31)26(2)3/h4-5,10-12,14H,6-9,13,15H2,1-3H3,(H2,24,25,29). The number of aromatic nitrogens is 1. The Labute approximate surface area is 194 Å². The van der Waals surface area contributed by atoms with Gasteiger partial charge in [-0.3, -0.25) is 9.88 Å². The fraction of sp³-hybridized carbons (Fsp3) is 0.429. The molecule has 9 nitrogen and oxygen atoms in total. The number of rotatable bonds is 7. The van der Waals surface area contributed by atoms with Crippen LogP contribution < -0.4 is 10.6 Å². The summed E-state index contributed by atoms with van der Waals surface area (Å²) in [6.45, 7) is 5.04. The second kappa shape index (κ2) is 10.6. The number of hydrogen-bond acceptors (Lipinski definition) is 5. The molecule has 1 aliphatic heterocycles. The van der Waals surface area contributed by atoms with Crippen molar-refractivity contribution < 1.29 is 13.2 Å². The van der Waals surface area contributed by atoms with Crippen molar-refractivity contribution in [2.45, 2.75) is 20.0 Å². The Morgan fingerprint density at radius 1 is 1.12 bits per heavy atom. The first-order valence-electron chi connectivity index (χ1n) is 10.3. The first-order chi connectivity index (χ1) is 15.1. The predicted molar refractivity (Wildman–Crippen MR) is 126 cm³/mol. The van der Waals surface area contributed by atoms with Gasteiger partial charge in [0.1, 0.15) is 0 Å². The maximum Gasteiger partial charge on any atom is 0.319 e. The number of hydrogen-bond donors (Lipinski definition) is 2. The second-order valence-corrected chi connectivity index (χ2v) is 10.5. The van der Waals surface area contributed by atoms with Crippen LogP contribution in [0.5, 0.6) is 0 Å². The molecule has 32 heavy (non-hydrogen) atoms. The molecule has 0 radical (unpaired) electrons. The summed E-state index contributed by atoms with van der Waals surface area (Å²) in [5.74, 6) is 0. The van der Waals surface area contributed by atoms with E-state index in [2.05, 4.69) is 20.5 Å². The van der Waals surface area contributed by atoms with Crippen molar-refractivity contribution in [3.05, 3.63) is 58.4 Å². The number of anilines is 1. The monoisotopic (exact) mass is 480 g/mol. The van der Waals surface area contributed by atoms with E-state index in [1.807, 2.05) is 31.2 Å². The van der Waals surface area contributed by atoms with Gasteiger partial charge in [-0.05, 0) is 42.3 Å². The number of aryl methyl sites for hydroxylation is 1. The Bertz CT molecular complexity index is 1040. The minimum absolute atomic E-state index is 0.324. The zero-order chi connectivity index (χ0) is 23.3. The molecule has 2 aromatic rings. The number of carbonyl (C=O) groups excluding carboxylic acids is 1. The van der Waals surface area contributed by atoms with E-state index < -0.39 is 10.2 Å². The predicted octanol–water partition coefficient (Wildman–Crippen LogP) is 2.29. The zero-order valence-electron chi connectivity index (χ0n) is 18.5. The molecular weight excluding hydrogens is 452 g/mol. The highest BCUT2D eigenvalue weighted by Crippen LogP contribution is 2.18. The van der Waals surface area contributed by atoms with E-state index in [1.165, 1.54) is 8.61 Å². The molecule has 0 bridgehead atoms. The average Bonchev–Trinajstić information content (AvgIpc) is 2.74. The van der Waals surface area contributed by atoms with Crippen LogP contribution in [0.2, 0.25) is 5.02 Å². The summed E-state index contributed by atoms with van der Waals surface area (Å²) in [6.07, 6.45) is 1.61. The minimum Gasteiger partial charge on any atom is -0.334 e. The number of nitrogens with zero attached hydrogens (tertiary/aromatic N) is 4. The fourth-order valence-electron chi connectivity index (χ4n) is 3.42. The highest BCUT2D eigenvalue weighted by Gasteiger charge is 2.28. The Hall–Kier alpha value is -2.24. The van der Waals surface area contributed by atoms with Crippen molar-refractivity contribution in [1.29, 1.82) is 0 Å². The molecule has 0 saturated carbocycles. The Balaban J connectivity index is 1.53. The summed E-state index contributed by atoms with van der Waals surface area (Å²) in [5, 5.41) is 6.17. The van der Waals surface area contributed by atoms with Gasteiger partial charge in [0.15, 0.2) is 0 Å². The summed E-state index contributed by atoms with van der Waals surface area (Å²) in [7, 11) is -0.296. The topological polar surface area (TPSA) is 97.9 Å². The molecule has 2 amide bonds. The average molecular weight is 481 g/mol. The number of pyridine rings is 1. The van der Waals surface area contributed by atoms with Crippen molar-refractivity contribution >= 4 is 33.5 Å². The molecule has 0 aliphatic carbocycles. The lowest BCUT2D eigenvalue weighted by molar-refractivity contribution is 0.177. The van der Waals surface area contributed by atoms with Crippen LogP contribution in [0.4, 0.5) is 10.5 Å². The number of piperazine rings is 1. The number of halogens is 1. The summed E-state index contributed by atoms with van der Waals surface area (Å²) < 4.78 is 27.3. The fourth-order valence-corrected chi connectivity index (χ4v) is 4.78. The number of carbonyl (C=O) groups is 1.